The molecule has 2 atom stereocenters. The number of aliphatic carboxylic acids is 1. The maximum Gasteiger partial charge on any atom is 0.325 e. The minimum absolute atomic E-state index is 0.0797. The van der Waals surface area contributed by atoms with Crippen LogP contribution >= 0.6 is 0 Å². The van der Waals surface area contributed by atoms with Crippen molar-refractivity contribution < 1.29 is 24.2 Å². The molecule has 2 rings (SSSR count). The summed E-state index contributed by atoms with van der Waals surface area (Å²) in [5, 5.41) is 9.47. The molecule has 1 aliphatic rings. The maximum atomic E-state index is 12.3. The monoisotopic (exact) mass is 305 g/mol. The van der Waals surface area contributed by atoms with E-state index in [0.717, 1.165) is 5.56 Å². The van der Waals surface area contributed by atoms with Crippen molar-refractivity contribution in [1.82, 2.24) is 4.90 Å². The number of hydrogen-bond acceptors (Lipinski definition) is 4. The molecular formula is C16H19NO5. The first-order valence-electron chi connectivity index (χ1n) is 7.17. The van der Waals surface area contributed by atoms with Gasteiger partial charge in [0.05, 0.1) is 19.1 Å². The molecule has 1 aliphatic heterocycles. The third-order valence-electron chi connectivity index (χ3n) is 4.04. The Morgan fingerprint density at radius 1 is 1.36 bits per heavy atom. The van der Waals surface area contributed by atoms with Gasteiger partial charge in [-0.15, -0.1) is 0 Å². The summed E-state index contributed by atoms with van der Waals surface area (Å²) in [5.41, 5.74) is -0.920. The van der Waals surface area contributed by atoms with Crippen LogP contribution in [0.25, 0.3) is 0 Å². The van der Waals surface area contributed by atoms with Crippen molar-refractivity contribution in [2.24, 2.45) is 5.41 Å². The molecule has 1 amide bonds. The van der Waals surface area contributed by atoms with Crippen molar-refractivity contribution in [3.05, 3.63) is 35.9 Å². The zero-order valence-electron chi connectivity index (χ0n) is 12.6. The quantitative estimate of drug-likeness (QED) is 0.660. The molecule has 0 bridgehead atoms. The molecule has 1 N–H and O–H groups in total. The highest BCUT2D eigenvalue weighted by Crippen LogP contribution is 2.37. The Kier molecular flexibility index (Phi) is 4.49. The number of ether oxygens (including phenoxy) is 1. The van der Waals surface area contributed by atoms with Crippen LogP contribution < -0.4 is 0 Å². The Hall–Kier alpha value is -2.37. The molecule has 0 unspecified atom stereocenters. The maximum absolute atomic E-state index is 12.3. The van der Waals surface area contributed by atoms with Gasteiger partial charge in [-0.3, -0.25) is 14.4 Å². The number of rotatable bonds is 5. The third kappa shape index (κ3) is 2.68. The molecule has 0 radical (unpaired) electrons. The second kappa shape index (κ2) is 6.17. The molecular weight excluding hydrogens is 286 g/mol. The minimum atomic E-state index is -1.81. The number of amides is 1. The zero-order valence-corrected chi connectivity index (χ0v) is 12.6. The number of hydrogen-bond donors (Lipinski definition) is 1. The standard InChI is InChI=1S/C16H19NO5/c1-3-22-15(21)16(14(19)20)9-13(18)17(10-16)11(2)12-7-5-4-6-8-12/h4-8,11H,3,9-10H2,1-2H3,(H,19,20)/t11-,16-/m1/s1. The van der Waals surface area contributed by atoms with Gasteiger partial charge in [-0.2, -0.15) is 0 Å². The zero-order chi connectivity index (χ0) is 16.3. The first-order chi connectivity index (χ1) is 10.4. The van der Waals surface area contributed by atoms with Crippen molar-refractivity contribution in [2.75, 3.05) is 13.2 Å². The van der Waals surface area contributed by atoms with Gasteiger partial charge in [-0.25, -0.2) is 0 Å². The number of carbonyl (C=O) groups is 3. The van der Waals surface area contributed by atoms with Gasteiger partial charge in [0.25, 0.3) is 0 Å². The van der Waals surface area contributed by atoms with Crippen LogP contribution in [0.1, 0.15) is 31.9 Å². The highest BCUT2D eigenvalue weighted by Gasteiger charge is 2.57. The van der Waals surface area contributed by atoms with Gasteiger partial charge >= 0.3 is 11.9 Å². The minimum Gasteiger partial charge on any atom is -0.480 e. The van der Waals surface area contributed by atoms with Crippen molar-refractivity contribution in [2.45, 2.75) is 26.3 Å². The van der Waals surface area contributed by atoms with E-state index in [1.165, 1.54) is 4.90 Å². The molecule has 118 valence electrons. The van der Waals surface area contributed by atoms with Crippen molar-refractivity contribution in [1.29, 1.82) is 0 Å². The highest BCUT2D eigenvalue weighted by molar-refractivity contribution is 6.05. The van der Waals surface area contributed by atoms with Gasteiger partial charge in [0.1, 0.15) is 0 Å². The molecule has 6 heteroatoms. The van der Waals surface area contributed by atoms with Gasteiger partial charge in [-0.1, -0.05) is 30.3 Å². The van der Waals surface area contributed by atoms with Crippen LogP contribution in [-0.4, -0.2) is 41.0 Å². The summed E-state index contributed by atoms with van der Waals surface area (Å²) in [5.74, 6) is -2.52. The van der Waals surface area contributed by atoms with Crippen LogP contribution in [0, 0.1) is 5.41 Å². The van der Waals surface area contributed by atoms with Crippen LogP contribution in [0.4, 0.5) is 0 Å². The lowest BCUT2D eigenvalue weighted by atomic mass is 9.87. The summed E-state index contributed by atoms with van der Waals surface area (Å²) in [4.78, 5) is 37.4. The average Bonchev–Trinajstić information content (AvgIpc) is 2.87. The van der Waals surface area contributed by atoms with Gasteiger partial charge < -0.3 is 14.7 Å². The Morgan fingerprint density at radius 2 is 2.00 bits per heavy atom. The molecule has 1 saturated heterocycles. The molecule has 1 aromatic carbocycles. The lowest BCUT2D eigenvalue weighted by Gasteiger charge is -2.27. The molecule has 0 spiro atoms. The number of esters is 1. The van der Waals surface area contributed by atoms with Crippen LogP contribution in [-0.2, 0) is 19.1 Å². The molecule has 6 nitrogen and oxygen atoms in total. The normalized spacial score (nSPS) is 22.5. The first-order valence-corrected chi connectivity index (χ1v) is 7.17. The fourth-order valence-electron chi connectivity index (χ4n) is 2.70. The average molecular weight is 305 g/mol. The number of likely N-dealkylation sites (tertiary alicyclic amines) is 1. The largest absolute Gasteiger partial charge is 0.480 e. The predicted octanol–water partition coefficient (Wildman–Crippen LogP) is 1.61. The molecule has 0 saturated carbocycles. The third-order valence-corrected chi connectivity index (χ3v) is 4.04. The highest BCUT2D eigenvalue weighted by atomic mass is 16.5. The molecule has 1 aromatic rings. The smallest absolute Gasteiger partial charge is 0.325 e. The summed E-state index contributed by atoms with van der Waals surface area (Å²) >= 11 is 0. The van der Waals surface area contributed by atoms with E-state index in [2.05, 4.69) is 0 Å². The fourth-order valence-corrected chi connectivity index (χ4v) is 2.70. The summed E-state index contributed by atoms with van der Waals surface area (Å²) in [6, 6.07) is 8.99. The van der Waals surface area contributed by atoms with E-state index >= 15 is 0 Å². The summed E-state index contributed by atoms with van der Waals surface area (Å²) in [7, 11) is 0. The number of nitrogens with zero attached hydrogens (tertiary/aromatic N) is 1. The van der Waals surface area contributed by atoms with Crippen LogP contribution in [0.3, 0.4) is 0 Å². The molecule has 0 aliphatic carbocycles. The number of carboxylic acid groups (broad SMARTS) is 1. The Bertz CT molecular complexity index is 585. The van der Waals surface area contributed by atoms with Gasteiger partial charge in [-0.05, 0) is 19.4 Å². The van der Waals surface area contributed by atoms with E-state index in [1.54, 1.807) is 6.92 Å². The van der Waals surface area contributed by atoms with E-state index in [0.29, 0.717) is 0 Å². The van der Waals surface area contributed by atoms with Crippen LogP contribution in [0.5, 0.6) is 0 Å². The van der Waals surface area contributed by atoms with E-state index < -0.39 is 17.4 Å². The summed E-state index contributed by atoms with van der Waals surface area (Å²) < 4.78 is 4.87. The molecule has 1 fully saturated rings. The molecule has 22 heavy (non-hydrogen) atoms. The van der Waals surface area contributed by atoms with E-state index in [-0.39, 0.29) is 31.5 Å². The van der Waals surface area contributed by atoms with Crippen LogP contribution in [0.15, 0.2) is 30.3 Å². The topological polar surface area (TPSA) is 83.9 Å². The van der Waals surface area contributed by atoms with E-state index in [1.807, 2.05) is 37.3 Å². The Labute approximate surface area is 128 Å². The first kappa shape index (κ1) is 16.0. The number of carbonyl (C=O) groups excluding carboxylic acids is 2. The number of benzene rings is 1. The molecule has 0 aromatic heterocycles. The van der Waals surface area contributed by atoms with E-state index in [4.69, 9.17) is 4.74 Å². The lowest BCUT2D eigenvalue weighted by Crippen LogP contribution is -2.43. The van der Waals surface area contributed by atoms with Crippen molar-refractivity contribution in [3.8, 4) is 0 Å². The second-order valence-electron chi connectivity index (χ2n) is 5.39. The predicted molar refractivity (Wildman–Crippen MR) is 77.9 cm³/mol. The second-order valence-corrected chi connectivity index (χ2v) is 5.39. The Morgan fingerprint density at radius 3 is 2.55 bits per heavy atom. The number of carboxylic acids is 1. The fraction of sp³-hybridized carbons (Fsp3) is 0.438. The molecule has 1 heterocycles. The van der Waals surface area contributed by atoms with Crippen molar-refractivity contribution >= 4 is 17.8 Å². The van der Waals surface area contributed by atoms with Crippen LogP contribution in [0.2, 0.25) is 0 Å². The SMILES string of the molecule is CCOC(=O)[C@]1(C(=O)O)CC(=O)N([C@H](C)c2ccccc2)C1. The van der Waals surface area contributed by atoms with E-state index in [9.17, 15) is 19.5 Å². The summed E-state index contributed by atoms with van der Waals surface area (Å²) in [6.07, 6.45) is -0.363. The van der Waals surface area contributed by atoms with Gasteiger partial charge in [0, 0.05) is 6.54 Å². The van der Waals surface area contributed by atoms with Gasteiger partial charge in [0.15, 0.2) is 5.41 Å². The van der Waals surface area contributed by atoms with Gasteiger partial charge in [0.2, 0.25) is 5.91 Å². The lowest BCUT2D eigenvalue weighted by molar-refractivity contribution is -0.167. The summed E-state index contributed by atoms with van der Waals surface area (Å²) in [6.45, 7) is 3.33. The Balaban J connectivity index is 2.28. The van der Waals surface area contributed by atoms with Crippen molar-refractivity contribution in [3.63, 3.8) is 0 Å².